The molecule has 132 valence electrons. The second-order valence-corrected chi connectivity index (χ2v) is 8.35. The fourth-order valence-electron chi connectivity index (χ4n) is 3.27. The van der Waals surface area contributed by atoms with Crippen LogP contribution in [-0.2, 0) is 11.3 Å². The first-order valence-corrected chi connectivity index (χ1v) is 9.75. The predicted molar refractivity (Wildman–Crippen MR) is 109 cm³/mol. The van der Waals surface area contributed by atoms with Crippen LogP contribution in [0.25, 0.3) is 10.1 Å². The van der Waals surface area contributed by atoms with E-state index in [0.717, 1.165) is 16.3 Å². The van der Waals surface area contributed by atoms with Crippen LogP contribution in [0.3, 0.4) is 0 Å². The monoisotopic (exact) mass is 362 g/mol. The maximum absolute atomic E-state index is 13.3. The van der Waals surface area contributed by atoms with E-state index in [1.807, 2.05) is 42.2 Å². The van der Waals surface area contributed by atoms with Crippen molar-refractivity contribution in [1.29, 1.82) is 0 Å². The lowest BCUT2D eigenvalue weighted by Gasteiger charge is -2.25. The van der Waals surface area contributed by atoms with Crippen LogP contribution in [0, 0.1) is 5.92 Å². The second-order valence-electron chi connectivity index (χ2n) is 7.26. The van der Waals surface area contributed by atoms with Crippen molar-refractivity contribution >= 4 is 33.2 Å². The SMILES string of the molecule is CC(C)C1(C)N=C(c2cc3ccccc3s2)N(Cc2ccccc2)C1=O. The maximum Gasteiger partial charge on any atom is 0.256 e. The van der Waals surface area contributed by atoms with E-state index < -0.39 is 5.54 Å². The van der Waals surface area contributed by atoms with Crippen LogP contribution in [0.2, 0.25) is 0 Å². The Morgan fingerprint density at radius 1 is 1.08 bits per heavy atom. The Bertz CT molecular complexity index is 957. The van der Waals surface area contributed by atoms with Crippen LogP contribution in [-0.4, -0.2) is 22.2 Å². The summed E-state index contributed by atoms with van der Waals surface area (Å²) < 4.78 is 1.22. The van der Waals surface area contributed by atoms with Gasteiger partial charge in [0.2, 0.25) is 0 Å². The average molecular weight is 362 g/mol. The van der Waals surface area contributed by atoms with E-state index in [-0.39, 0.29) is 11.8 Å². The number of hydrogen-bond acceptors (Lipinski definition) is 3. The molecule has 1 amide bonds. The van der Waals surface area contributed by atoms with Gasteiger partial charge in [0, 0.05) is 4.70 Å². The maximum atomic E-state index is 13.3. The van der Waals surface area contributed by atoms with Crippen molar-refractivity contribution in [2.75, 3.05) is 0 Å². The molecule has 2 aromatic carbocycles. The highest BCUT2D eigenvalue weighted by molar-refractivity contribution is 7.20. The minimum Gasteiger partial charge on any atom is -0.289 e. The highest BCUT2D eigenvalue weighted by Crippen LogP contribution is 2.36. The highest BCUT2D eigenvalue weighted by Gasteiger charge is 2.47. The van der Waals surface area contributed by atoms with Gasteiger partial charge in [-0.3, -0.25) is 14.7 Å². The molecule has 1 aromatic heterocycles. The molecule has 0 N–H and O–H groups in total. The molecule has 3 aromatic rings. The van der Waals surface area contributed by atoms with Crippen LogP contribution in [0.4, 0.5) is 0 Å². The number of carbonyl (C=O) groups excluding carboxylic acids is 1. The van der Waals surface area contributed by atoms with Gasteiger partial charge >= 0.3 is 0 Å². The first-order chi connectivity index (χ1) is 12.5. The Kier molecular flexibility index (Phi) is 4.16. The van der Waals surface area contributed by atoms with Gasteiger partial charge in [0.25, 0.3) is 5.91 Å². The van der Waals surface area contributed by atoms with Gasteiger partial charge in [0.1, 0.15) is 11.4 Å². The molecule has 1 aliphatic heterocycles. The molecule has 3 nitrogen and oxygen atoms in total. The molecule has 2 heterocycles. The highest BCUT2D eigenvalue weighted by atomic mass is 32.1. The summed E-state index contributed by atoms with van der Waals surface area (Å²) in [4.78, 5) is 21.2. The van der Waals surface area contributed by atoms with Crippen LogP contribution in [0.1, 0.15) is 31.2 Å². The average Bonchev–Trinajstić information content (AvgIpc) is 3.18. The normalized spacial score (nSPS) is 20.2. The summed E-state index contributed by atoms with van der Waals surface area (Å²) in [6.07, 6.45) is 0. The zero-order valence-electron chi connectivity index (χ0n) is 15.3. The largest absolute Gasteiger partial charge is 0.289 e. The van der Waals surface area contributed by atoms with E-state index in [1.165, 1.54) is 10.1 Å². The molecule has 1 atom stereocenters. The third-order valence-corrected chi connectivity index (χ3v) is 6.34. The van der Waals surface area contributed by atoms with Gasteiger partial charge in [-0.2, -0.15) is 0 Å². The summed E-state index contributed by atoms with van der Waals surface area (Å²) in [7, 11) is 0. The minimum absolute atomic E-state index is 0.0869. The first kappa shape index (κ1) is 17.0. The molecule has 0 radical (unpaired) electrons. The van der Waals surface area contributed by atoms with Crippen molar-refractivity contribution in [3.63, 3.8) is 0 Å². The van der Waals surface area contributed by atoms with Gasteiger partial charge in [-0.25, -0.2) is 0 Å². The molecule has 4 rings (SSSR count). The smallest absolute Gasteiger partial charge is 0.256 e. The fourth-order valence-corrected chi connectivity index (χ4v) is 4.33. The Labute approximate surface area is 158 Å². The van der Waals surface area contributed by atoms with Crippen molar-refractivity contribution in [2.45, 2.75) is 32.9 Å². The lowest BCUT2D eigenvalue weighted by molar-refractivity contribution is -0.132. The number of amidine groups is 1. The van der Waals surface area contributed by atoms with E-state index in [4.69, 9.17) is 4.99 Å². The van der Waals surface area contributed by atoms with Crippen LogP contribution < -0.4 is 0 Å². The number of thiophene rings is 1. The topological polar surface area (TPSA) is 32.7 Å². The lowest BCUT2D eigenvalue weighted by Crippen LogP contribution is -2.43. The third-order valence-electron chi connectivity index (χ3n) is 5.23. The minimum atomic E-state index is -0.708. The van der Waals surface area contributed by atoms with Crippen LogP contribution in [0.15, 0.2) is 65.7 Å². The molecule has 0 fully saturated rings. The van der Waals surface area contributed by atoms with Gasteiger partial charge in [0.15, 0.2) is 0 Å². The molecule has 0 saturated heterocycles. The van der Waals surface area contributed by atoms with E-state index in [2.05, 4.69) is 44.2 Å². The Morgan fingerprint density at radius 3 is 2.46 bits per heavy atom. The third kappa shape index (κ3) is 2.74. The summed E-state index contributed by atoms with van der Waals surface area (Å²) >= 11 is 1.70. The van der Waals surface area contributed by atoms with Crippen molar-refractivity contribution < 1.29 is 4.79 Å². The molecule has 1 aliphatic rings. The molecular weight excluding hydrogens is 340 g/mol. The summed E-state index contributed by atoms with van der Waals surface area (Å²) in [6.45, 7) is 6.64. The number of fused-ring (bicyclic) bond motifs is 1. The molecule has 26 heavy (non-hydrogen) atoms. The molecule has 0 bridgehead atoms. The van der Waals surface area contributed by atoms with E-state index >= 15 is 0 Å². The summed E-state index contributed by atoms with van der Waals surface area (Å²) in [6, 6.07) is 20.6. The number of hydrogen-bond donors (Lipinski definition) is 0. The standard InChI is InChI=1S/C22H22N2OS/c1-15(2)22(3)21(25)24(14-16-9-5-4-6-10-16)20(23-22)19-13-17-11-7-8-12-18(17)26-19/h4-13,15H,14H2,1-3H3. The van der Waals surface area contributed by atoms with Crippen molar-refractivity contribution in [2.24, 2.45) is 10.9 Å². The van der Waals surface area contributed by atoms with Gasteiger partial charge in [0.05, 0.1) is 11.4 Å². The second kappa shape index (κ2) is 6.36. The zero-order valence-corrected chi connectivity index (χ0v) is 16.1. The summed E-state index contributed by atoms with van der Waals surface area (Å²) in [5.41, 5.74) is 0.406. The molecule has 0 spiro atoms. The van der Waals surface area contributed by atoms with Crippen molar-refractivity contribution in [1.82, 2.24) is 4.90 Å². The van der Waals surface area contributed by atoms with Crippen molar-refractivity contribution in [3.8, 4) is 0 Å². The number of benzene rings is 2. The predicted octanol–water partition coefficient (Wildman–Crippen LogP) is 5.11. The quantitative estimate of drug-likeness (QED) is 0.635. The van der Waals surface area contributed by atoms with Gasteiger partial charge in [-0.1, -0.05) is 62.4 Å². The molecule has 4 heteroatoms. The number of rotatable bonds is 4. The number of aliphatic imine (C=N–C) groups is 1. The summed E-state index contributed by atoms with van der Waals surface area (Å²) in [5.74, 6) is 1.03. The molecule has 0 saturated carbocycles. The summed E-state index contributed by atoms with van der Waals surface area (Å²) in [5, 5.41) is 1.19. The van der Waals surface area contributed by atoms with Crippen LogP contribution in [0.5, 0.6) is 0 Å². The van der Waals surface area contributed by atoms with Crippen LogP contribution >= 0.6 is 11.3 Å². The van der Waals surface area contributed by atoms with E-state index in [9.17, 15) is 4.79 Å². The molecule has 1 unspecified atom stereocenters. The fraction of sp³-hybridized carbons (Fsp3) is 0.273. The number of nitrogens with zero attached hydrogens (tertiary/aromatic N) is 2. The Hall–Kier alpha value is -2.46. The van der Waals surface area contributed by atoms with Crippen molar-refractivity contribution in [3.05, 3.63) is 71.1 Å². The van der Waals surface area contributed by atoms with Gasteiger partial charge in [-0.15, -0.1) is 11.3 Å². The number of amides is 1. The zero-order chi connectivity index (χ0) is 18.3. The van der Waals surface area contributed by atoms with E-state index in [1.54, 1.807) is 11.3 Å². The van der Waals surface area contributed by atoms with E-state index in [0.29, 0.717) is 6.54 Å². The number of carbonyl (C=O) groups is 1. The lowest BCUT2D eigenvalue weighted by atomic mass is 9.89. The Balaban J connectivity index is 1.80. The first-order valence-electron chi connectivity index (χ1n) is 8.94. The molecular formula is C22H22N2OS. The Morgan fingerprint density at radius 2 is 1.77 bits per heavy atom. The van der Waals surface area contributed by atoms with Gasteiger partial charge < -0.3 is 0 Å². The van der Waals surface area contributed by atoms with Gasteiger partial charge in [-0.05, 0) is 35.9 Å². The molecule has 0 aliphatic carbocycles.